The molecule has 3 rings (SSSR count). The number of rotatable bonds is 5. The van der Waals surface area contributed by atoms with Crippen LogP contribution >= 0.6 is 15.9 Å². The number of aryl methyl sites for hydroxylation is 1. The molecule has 0 bridgehead atoms. The largest absolute Gasteiger partial charge is 0.297 e. The van der Waals surface area contributed by atoms with Gasteiger partial charge in [-0.25, -0.2) is 13.4 Å². The Labute approximate surface area is 156 Å². The van der Waals surface area contributed by atoms with Gasteiger partial charge in [0, 0.05) is 24.2 Å². The summed E-state index contributed by atoms with van der Waals surface area (Å²) in [7, 11) is -3.63. The maximum atomic E-state index is 13.1. The van der Waals surface area contributed by atoms with Crippen molar-refractivity contribution >= 4 is 38.4 Å². The van der Waals surface area contributed by atoms with Gasteiger partial charge in [-0.2, -0.15) is 0 Å². The number of hydrogen-bond donors (Lipinski definition) is 0. The minimum absolute atomic E-state index is 0.0578. The smallest absolute Gasteiger partial charge is 0.264 e. The van der Waals surface area contributed by atoms with Crippen LogP contribution in [0.5, 0.6) is 0 Å². The standard InChI is InChI=1S/C18H18BrN3O2S/c1-13-5-7-15(8-6-13)25(23,24)22-12-14(4-3-9-20-2)16-11-21-18(19)10-17(16)22/h3-8,10-11,14H,2,9,12H2,1H3. The van der Waals surface area contributed by atoms with Crippen LogP contribution in [0.25, 0.3) is 0 Å². The molecule has 1 atom stereocenters. The number of halogens is 1. The fourth-order valence-electron chi connectivity index (χ4n) is 2.84. The lowest BCUT2D eigenvalue weighted by atomic mass is 10.0. The predicted octanol–water partition coefficient (Wildman–Crippen LogP) is 3.70. The van der Waals surface area contributed by atoms with E-state index in [4.69, 9.17) is 0 Å². The summed E-state index contributed by atoms with van der Waals surface area (Å²) in [6.07, 6.45) is 5.58. The third kappa shape index (κ3) is 3.52. The maximum absolute atomic E-state index is 13.1. The van der Waals surface area contributed by atoms with Gasteiger partial charge < -0.3 is 0 Å². The monoisotopic (exact) mass is 419 g/mol. The van der Waals surface area contributed by atoms with Crippen LogP contribution in [0.2, 0.25) is 0 Å². The molecular weight excluding hydrogens is 402 g/mol. The van der Waals surface area contributed by atoms with Gasteiger partial charge in [-0.1, -0.05) is 29.8 Å². The first-order valence-corrected chi connectivity index (χ1v) is 10.0. The van der Waals surface area contributed by atoms with E-state index in [0.29, 0.717) is 23.4 Å². The summed E-state index contributed by atoms with van der Waals surface area (Å²) in [6, 6.07) is 8.65. The van der Waals surface area contributed by atoms with Gasteiger partial charge in [0.1, 0.15) is 4.60 Å². The van der Waals surface area contributed by atoms with Crippen LogP contribution in [-0.4, -0.2) is 33.2 Å². The Balaban J connectivity index is 2.04. The van der Waals surface area contributed by atoms with Crippen LogP contribution in [0, 0.1) is 6.92 Å². The zero-order valence-corrected chi connectivity index (χ0v) is 16.2. The van der Waals surface area contributed by atoms with Gasteiger partial charge in [-0.05, 0) is 47.8 Å². The molecule has 0 saturated heterocycles. The lowest BCUT2D eigenvalue weighted by Crippen LogP contribution is -2.29. The Morgan fingerprint density at radius 2 is 2.12 bits per heavy atom. The van der Waals surface area contributed by atoms with E-state index in [-0.39, 0.29) is 10.8 Å². The van der Waals surface area contributed by atoms with Gasteiger partial charge >= 0.3 is 0 Å². The van der Waals surface area contributed by atoms with Crippen LogP contribution in [0.3, 0.4) is 0 Å². The Hall–Kier alpha value is -1.99. The van der Waals surface area contributed by atoms with Crippen molar-refractivity contribution in [1.82, 2.24) is 4.98 Å². The van der Waals surface area contributed by atoms with Crippen LogP contribution in [-0.2, 0) is 10.0 Å². The van der Waals surface area contributed by atoms with Crippen molar-refractivity contribution in [3.05, 3.63) is 64.4 Å². The summed E-state index contributed by atoms with van der Waals surface area (Å²) >= 11 is 3.33. The summed E-state index contributed by atoms with van der Waals surface area (Å²) in [5.41, 5.74) is 2.56. The number of fused-ring (bicyclic) bond motifs is 1. The molecule has 25 heavy (non-hydrogen) atoms. The number of anilines is 1. The molecule has 0 spiro atoms. The number of hydrogen-bond acceptors (Lipinski definition) is 4. The van der Waals surface area contributed by atoms with E-state index in [9.17, 15) is 8.42 Å². The van der Waals surface area contributed by atoms with Gasteiger partial charge in [-0.15, -0.1) is 0 Å². The zero-order chi connectivity index (χ0) is 18.0. The van der Waals surface area contributed by atoms with Crippen molar-refractivity contribution in [1.29, 1.82) is 0 Å². The normalized spacial score (nSPS) is 17.0. The molecule has 0 amide bonds. The molecule has 0 saturated carbocycles. The molecule has 2 heterocycles. The fourth-order valence-corrected chi connectivity index (χ4v) is 4.66. The summed E-state index contributed by atoms with van der Waals surface area (Å²) in [5.74, 6) is -0.0578. The zero-order valence-electron chi connectivity index (χ0n) is 13.8. The van der Waals surface area contributed by atoms with E-state index in [1.165, 1.54) is 4.31 Å². The van der Waals surface area contributed by atoms with E-state index in [1.54, 1.807) is 36.5 Å². The molecule has 5 nitrogen and oxygen atoms in total. The molecular formula is C18H18BrN3O2S. The van der Waals surface area contributed by atoms with Gasteiger partial charge in [0.2, 0.25) is 0 Å². The molecule has 1 unspecified atom stereocenters. The fraction of sp³-hybridized carbons (Fsp3) is 0.222. The van der Waals surface area contributed by atoms with Crippen LogP contribution in [0.1, 0.15) is 17.0 Å². The highest BCUT2D eigenvalue weighted by atomic mass is 79.9. The van der Waals surface area contributed by atoms with Crippen molar-refractivity contribution in [2.75, 3.05) is 17.4 Å². The number of aromatic nitrogens is 1. The lowest BCUT2D eigenvalue weighted by Gasteiger charge is -2.20. The second-order valence-electron chi connectivity index (χ2n) is 5.86. The SMILES string of the molecule is C=NCC=CC1CN(S(=O)(=O)c2ccc(C)cc2)c2cc(Br)ncc21. The number of sulfonamides is 1. The minimum atomic E-state index is -3.63. The Bertz CT molecular complexity index is 924. The van der Waals surface area contributed by atoms with Crippen molar-refractivity contribution in [3.8, 4) is 0 Å². The molecule has 130 valence electrons. The molecule has 1 aromatic heterocycles. The second-order valence-corrected chi connectivity index (χ2v) is 8.53. The van der Waals surface area contributed by atoms with Crippen molar-refractivity contribution < 1.29 is 8.42 Å². The lowest BCUT2D eigenvalue weighted by molar-refractivity contribution is 0.591. The average Bonchev–Trinajstić information content (AvgIpc) is 2.94. The Morgan fingerprint density at radius 1 is 1.40 bits per heavy atom. The third-order valence-electron chi connectivity index (χ3n) is 4.12. The maximum Gasteiger partial charge on any atom is 0.264 e. The molecule has 1 aromatic carbocycles. The van der Waals surface area contributed by atoms with E-state index in [0.717, 1.165) is 11.1 Å². The highest BCUT2D eigenvalue weighted by Gasteiger charge is 2.36. The molecule has 1 aliphatic rings. The first-order chi connectivity index (χ1) is 11.9. The topological polar surface area (TPSA) is 62.6 Å². The van der Waals surface area contributed by atoms with E-state index in [1.807, 2.05) is 19.1 Å². The van der Waals surface area contributed by atoms with Crippen LogP contribution < -0.4 is 4.31 Å². The van der Waals surface area contributed by atoms with Gasteiger partial charge in [0.05, 0.1) is 17.1 Å². The first-order valence-electron chi connectivity index (χ1n) is 7.77. The molecule has 0 fully saturated rings. The van der Waals surface area contributed by atoms with Gasteiger partial charge in [0.15, 0.2) is 0 Å². The summed E-state index contributed by atoms with van der Waals surface area (Å²) in [4.78, 5) is 8.34. The number of benzene rings is 1. The third-order valence-corrected chi connectivity index (χ3v) is 6.35. The minimum Gasteiger partial charge on any atom is -0.297 e. The number of aliphatic imine (C=N–C) groups is 1. The van der Waals surface area contributed by atoms with Gasteiger partial charge in [-0.3, -0.25) is 9.30 Å². The molecule has 0 N–H and O–H groups in total. The van der Waals surface area contributed by atoms with Crippen molar-refractivity contribution in [2.24, 2.45) is 4.99 Å². The molecule has 0 aliphatic carbocycles. The van der Waals surface area contributed by atoms with E-state index < -0.39 is 10.0 Å². The van der Waals surface area contributed by atoms with Gasteiger partial charge in [0.25, 0.3) is 10.0 Å². The Kier molecular flexibility index (Phi) is 5.06. The average molecular weight is 420 g/mol. The highest BCUT2D eigenvalue weighted by Crippen LogP contribution is 2.40. The summed E-state index contributed by atoms with van der Waals surface area (Å²) < 4.78 is 28.3. The molecule has 2 aromatic rings. The summed E-state index contributed by atoms with van der Waals surface area (Å²) in [6.45, 7) is 6.23. The van der Waals surface area contributed by atoms with E-state index in [2.05, 4.69) is 32.6 Å². The number of pyridine rings is 1. The van der Waals surface area contributed by atoms with Crippen molar-refractivity contribution in [2.45, 2.75) is 17.7 Å². The highest BCUT2D eigenvalue weighted by molar-refractivity contribution is 9.10. The molecule has 0 radical (unpaired) electrons. The van der Waals surface area contributed by atoms with Crippen molar-refractivity contribution in [3.63, 3.8) is 0 Å². The predicted molar refractivity (Wildman–Crippen MR) is 104 cm³/mol. The van der Waals surface area contributed by atoms with E-state index >= 15 is 0 Å². The van der Waals surface area contributed by atoms with Crippen LogP contribution in [0.15, 0.2) is 63.2 Å². The number of nitrogens with zero attached hydrogens (tertiary/aromatic N) is 3. The quantitative estimate of drug-likeness (QED) is 0.421. The summed E-state index contributed by atoms with van der Waals surface area (Å²) in [5, 5.41) is 0. The molecule has 1 aliphatic heterocycles. The second kappa shape index (κ2) is 7.09. The first kappa shape index (κ1) is 17.8. The Morgan fingerprint density at radius 3 is 2.80 bits per heavy atom. The van der Waals surface area contributed by atoms with Crippen LogP contribution in [0.4, 0.5) is 5.69 Å². The molecule has 7 heteroatoms.